The molecule has 1 fully saturated rings. The number of aliphatic hydroxyl groups is 3. The van der Waals surface area contributed by atoms with E-state index >= 15 is 0 Å². The fourth-order valence-corrected chi connectivity index (χ4v) is 4.36. The van der Waals surface area contributed by atoms with Gasteiger partial charge in [-0.15, -0.1) is 0 Å². The first kappa shape index (κ1) is 30.9. The second-order valence-corrected chi connectivity index (χ2v) is 9.87. The fraction of sp³-hybridized carbons (Fsp3) is 0.464. The van der Waals surface area contributed by atoms with Crippen LogP contribution in [0, 0.1) is 6.92 Å². The maximum Gasteiger partial charge on any atom is 0.343 e. The van der Waals surface area contributed by atoms with Gasteiger partial charge in [-0.25, -0.2) is 14.4 Å². The number of hydrogen-bond acceptors (Lipinski definition) is 8. The van der Waals surface area contributed by atoms with Gasteiger partial charge in [0.05, 0.1) is 11.2 Å². The number of carbonyl (C=O) groups excluding carboxylic acids is 1. The van der Waals surface area contributed by atoms with Crippen LogP contribution in [0.3, 0.4) is 0 Å². The van der Waals surface area contributed by atoms with Crippen LogP contribution < -0.4 is 4.74 Å². The van der Waals surface area contributed by atoms with Gasteiger partial charge in [0.1, 0.15) is 5.75 Å². The molecule has 1 aliphatic rings. The molecule has 0 amide bonds. The summed E-state index contributed by atoms with van der Waals surface area (Å²) in [5, 5.41) is 43.8. The summed E-state index contributed by atoms with van der Waals surface area (Å²) in [6, 6.07) is 15.0. The van der Waals surface area contributed by atoms with Crippen molar-refractivity contribution in [3.8, 4) is 5.75 Å². The van der Waals surface area contributed by atoms with Gasteiger partial charge in [-0.3, -0.25) is 0 Å². The number of benzene rings is 2. The molecule has 1 saturated carbocycles. The first-order valence-corrected chi connectivity index (χ1v) is 12.4. The lowest BCUT2D eigenvalue weighted by molar-refractivity contribution is -0.165. The van der Waals surface area contributed by atoms with E-state index in [1.54, 1.807) is 12.1 Å². The summed E-state index contributed by atoms with van der Waals surface area (Å²) in [5.74, 6) is -3.33. The topological polar surface area (TPSA) is 165 Å². The minimum absolute atomic E-state index is 0.0460. The molecule has 2 aromatic carbocycles. The highest BCUT2D eigenvalue weighted by molar-refractivity contribution is 5.91. The summed E-state index contributed by atoms with van der Waals surface area (Å²) in [6.45, 7) is 2.78. The molecule has 208 valence electrons. The highest BCUT2D eigenvalue weighted by Crippen LogP contribution is 2.40. The van der Waals surface area contributed by atoms with Gasteiger partial charge < -0.3 is 35.2 Å². The Morgan fingerprint density at radius 3 is 1.82 bits per heavy atom. The van der Waals surface area contributed by atoms with E-state index in [9.17, 15) is 19.5 Å². The Bertz CT molecular complexity index is 1040. The number of carbonyl (C=O) groups is 3. The summed E-state index contributed by atoms with van der Waals surface area (Å²) in [7, 11) is 4.08. The van der Waals surface area contributed by atoms with E-state index in [-0.39, 0.29) is 11.9 Å². The number of ether oxygens (including phenoxy) is 1. The zero-order valence-electron chi connectivity index (χ0n) is 21.9. The van der Waals surface area contributed by atoms with Gasteiger partial charge in [0.25, 0.3) is 0 Å². The minimum Gasteiger partial charge on any atom is -0.479 e. The number of aliphatic carboxylic acids is 2. The van der Waals surface area contributed by atoms with E-state index in [0.717, 1.165) is 43.4 Å². The van der Waals surface area contributed by atoms with Crippen LogP contribution in [0.5, 0.6) is 5.75 Å². The first-order valence-electron chi connectivity index (χ1n) is 12.4. The van der Waals surface area contributed by atoms with Crippen LogP contribution in [0.2, 0.25) is 0 Å². The molecule has 10 heteroatoms. The lowest BCUT2D eigenvalue weighted by Gasteiger charge is -2.40. The highest BCUT2D eigenvalue weighted by atomic mass is 16.5. The lowest BCUT2D eigenvalue weighted by Crippen LogP contribution is -2.42. The van der Waals surface area contributed by atoms with Gasteiger partial charge in [-0.1, -0.05) is 49.1 Å². The number of aryl methyl sites for hydroxylation is 1. The van der Waals surface area contributed by atoms with Crippen molar-refractivity contribution < 1.29 is 44.7 Å². The molecular weight excluding hydrogens is 494 g/mol. The molecule has 38 heavy (non-hydrogen) atoms. The van der Waals surface area contributed by atoms with Crippen LogP contribution >= 0.6 is 0 Å². The molecule has 0 aliphatic heterocycles. The molecule has 0 spiro atoms. The van der Waals surface area contributed by atoms with Crippen LogP contribution in [0.4, 0.5) is 0 Å². The van der Waals surface area contributed by atoms with Gasteiger partial charge in [0.2, 0.25) is 0 Å². The summed E-state index contributed by atoms with van der Waals surface area (Å²) in [6.07, 6.45) is 0.505. The third kappa shape index (κ3) is 8.91. The van der Waals surface area contributed by atoms with Crippen molar-refractivity contribution in [1.29, 1.82) is 0 Å². The predicted molar refractivity (Wildman–Crippen MR) is 139 cm³/mol. The number of likely N-dealkylation sites (N-methyl/N-ethyl adjacent to an activating group) is 1. The van der Waals surface area contributed by atoms with Crippen molar-refractivity contribution in [1.82, 2.24) is 4.90 Å². The second kappa shape index (κ2) is 14.0. The average molecular weight is 532 g/mol. The van der Waals surface area contributed by atoms with Crippen molar-refractivity contribution >= 4 is 17.9 Å². The number of hydrogen-bond donors (Lipinski definition) is 5. The molecule has 0 aromatic heterocycles. The third-order valence-electron chi connectivity index (χ3n) is 6.50. The molecule has 0 saturated heterocycles. The number of carboxylic acids is 2. The molecule has 1 aliphatic carbocycles. The molecule has 3 unspecified atom stereocenters. The molecule has 3 rings (SSSR count). The molecule has 10 nitrogen and oxygen atoms in total. The molecule has 0 bridgehead atoms. The summed E-state index contributed by atoms with van der Waals surface area (Å²) in [4.78, 5) is 34.0. The van der Waals surface area contributed by atoms with Crippen LogP contribution in [-0.2, 0) is 9.59 Å². The standard InChI is InChI=1S/C24H31NO3.C4H6O6/c1-18-7-9-20(10-8-18)23(26)28-21-13-11-19(12-14-21)22(17-25(2)3)24(27)15-5-4-6-16-24;5-1(3(7)8)2(6)4(9)10/h7-14,22,27H,4-6,15-17H2,1-3H3;1-2,5-6H,(H,7,8)(H,9,10). The summed E-state index contributed by atoms with van der Waals surface area (Å²) < 4.78 is 5.51. The van der Waals surface area contributed by atoms with Crippen molar-refractivity contribution in [2.24, 2.45) is 0 Å². The molecule has 0 heterocycles. The first-order chi connectivity index (χ1) is 17.8. The SMILES string of the molecule is Cc1ccc(C(=O)Oc2ccc(C(CN(C)C)C3(O)CCCCC3)cc2)cc1.O=C(O)C(O)C(O)C(=O)O. The van der Waals surface area contributed by atoms with Gasteiger partial charge in [0, 0.05) is 12.5 Å². The zero-order valence-corrected chi connectivity index (χ0v) is 21.9. The van der Waals surface area contributed by atoms with Gasteiger partial charge >= 0.3 is 17.9 Å². The number of esters is 1. The zero-order chi connectivity index (χ0) is 28.5. The van der Waals surface area contributed by atoms with Crippen LogP contribution in [0.1, 0.15) is 59.5 Å². The highest BCUT2D eigenvalue weighted by Gasteiger charge is 2.38. The molecule has 0 radical (unpaired) electrons. The molecule has 5 N–H and O–H groups in total. The molecular formula is C28H37NO9. The summed E-state index contributed by atoms with van der Waals surface area (Å²) in [5.41, 5.74) is 2.07. The maximum absolute atomic E-state index is 12.3. The van der Waals surface area contributed by atoms with E-state index < -0.39 is 29.7 Å². The minimum atomic E-state index is -2.27. The van der Waals surface area contributed by atoms with Crippen molar-refractivity contribution in [2.45, 2.75) is 62.8 Å². The van der Waals surface area contributed by atoms with E-state index in [1.165, 1.54) is 6.42 Å². The monoisotopic (exact) mass is 531 g/mol. The van der Waals surface area contributed by atoms with Gasteiger partial charge in [-0.2, -0.15) is 0 Å². The second-order valence-electron chi connectivity index (χ2n) is 9.87. The van der Waals surface area contributed by atoms with E-state index in [4.69, 9.17) is 25.2 Å². The summed E-state index contributed by atoms with van der Waals surface area (Å²) >= 11 is 0. The normalized spacial score (nSPS) is 16.9. The Morgan fingerprint density at radius 1 is 0.868 bits per heavy atom. The van der Waals surface area contributed by atoms with Crippen LogP contribution in [0.25, 0.3) is 0 Å². The van der Waals surface area contributed by atoms with E-state index in [2.05, 4.69) is 4.90 Å². The number of nitrogens with zero attached hydrogens (tertiary/aromatic N) is 1. The largest absolute Gasteiger partial charge is 0.479 e. The average Bonchev–Trinajstić information content (AvgIpc) is 2.88. The van der Waals surface area contributed by atoms with Gasteiger partial charge in [0.15, 0.2) is 12.2 Å². The Balaban J connectivity index is 0.000000432. The lowest BCUT2D eigenvalue weighted by atomic mass is 9.72. The number of aliphatic hydroxyl groups excluding tert-OH is 2. The maximum atomic E-state index is 12.3. The quantitative estimate of drug-likeness (QED) is 0.240. The Morgan fingerprint density at radius 2 is 1.37 bits per heavy atom. The van der Waals surface area contributed by atoms with Crippen LogP contribution in [0.15, 0.2) is 48.5 Å². The predicted octanol–water partition coefficient (Wildman–Crippen LogP) is 2.43. The molecule has 3 atom stereocenters. The van der Waals surface area contributed by atoms with Crippen LogP contribution in [-0.4, -0.2) is 86.8 Å². The van der Waals surface area contributed by atoms with Crippen molar-refractivity contribution in [2.75, 3.05) is 20.6 Å². The van der Waals surface area contributed by atoms with Crippen molar-refractivity contribution in [3.63, 3.8) is 0 Å². The number of rotatable bonds is 9. The fourth-order valence-electron chi connectivity index (χ4n) is 4.36. The van der Waals surface area contributed by atoms with E-state index in [0.29, 0.717) is 11.3 Å². The van der Waals surface area contributed by atoms with E-state index in [1.807, 2.05) is 57.4 Å². The van der Waals surface area contributed by atoms with Gasteiger partial charge in [-0.05, 0) is 63.7 Å². The molecule has 2 aromatic rings. The Hall–Kier alpha value is -3.31. The Kier molecular flexibility index (Phi) is 11.4. The Labute approximate surface area is 222 Å². The van der Waals surface area contributed by atoms with Crippen molar-refractivity contribution in [3.05, 3.63) is 65.2 Å². The third-order valence-corrected chi connectivity index (χ3v) is 6.50. The number of carboxylic acid groups (broad SMARTS) is 2. The smallest absolute Gasteiger partial charge is 0.343 e.